The lowest BCUT2D eigenvalue weighted by molar-refractivity contribution is -0.147. The Kier molecular flexibility index (Phi) is 9.47. The first-order valence-electron chi connectivity index (χ1n) is 8.22. The van der Waals surface area contributed by atoms with Crippen LogP contribution in [0.25, 0.3) is 0 Å². The van der Waals surface area contributed by atoms with Gasteiger partial charge in [-0.3, -0.25) is 14.5 Å². The van der Waals surface area contributed by atoms with E-state index in [-0.39, 0.29) is 36.5 Å². The van der Waals surface area contributed by atoms with Crippen molar-refractivity contribution in [2.24, 2.45) is 5.41 Å². The Morgan fingerprint density at radius 3 is 1.92 bits per heavy atom. The molecule has 0 aromatic rings. The first-order chi connectivity index (χ1) is 11.0. The Balaban J connectivity index is 0.000000470. The van der Waals surface area contributed by atoms with Crippen LogP contribution in [0.4, 0.5) is 0 Å². The topological polar surface area (TPSA) is 96.3 Å². The van der Waals surface area contributed by atoms with Crippen LogP contribution in [-0.2, 0) is 19.1 Å². The molecule has 1 atom stereocenters. The van der Waals surface area contributed by atoms with Gasteiger partial charge >= 0.3 is 11.9 Å². The van der Waals surface area contributed by atoms with Crippen molar-refractivity contribution in [3.05, 3.63) is 0 Å². The summed E-state index contributed by atoms with van der Waals surface area (Å²) in [5.41, 5.74) is -0.187. The number of aliphatic hydroxyl groups excluding tert-OH is 2. The van der Waals surface area contributed by atoms with Gasteiger partial charge in [-0.2, -0.15) is 0 Å². The Morgan fingerprint density at radius 2 is 1.54 bits per heavy atom. The molecule has 0 aliphatic carbocycles. The molecule has 142 valence electrons. The SMILES string of the molecule is CC1(C)C(O)CCN(CCO)C1(C)C.COC(=O)CCC(=O)OC. The van der Waals surface area contributed by atoms with Gasteiger partial charge in [0.05, 0.1) is 39.8 Å². The minimum absolute atomic E-state index is 0.0621. The van der Waals surface area contributed by atoms with E-state index in [0.717, 1.165) is 13.0 Å². The highest BCUT2D eigenvalue weighted by molar-refractivity contribution is 5.77. The van der Waals surface area contributed by atoms with E-state index in [9.17, 15) is 14.7 Å². The van der Waals surface area contributed by atoms with Crippen LogP contribution in [0.5, 0.6) is 0 Å². The molecule has 0 spiro atoms. The van der Waals surface area contributed by atoms with Crippen molar-refractivity contribution in [3.63, 3.8) is 0 Å². The Morgan fingerprint density at radius 1 is 1.08 bits per heavy atom. The van der Waals surface area contributed by atoms with E-state index in [4.69, 9.17) is 5.11 Å². The Bertz CT molecular complexity index is 392. The predicted molar refractivity (Wildman–Crippen MR) is 90.4 cm³/mol. The number of carbonyl (C=O) groups is 2. The molecular formula is C17H33NO6. The highest BCUT2D eigenvalue weighted by Crippen LogP contribution is 2.43. The van der Waals surface area contributed by atoms with Gasteiger partial charge in [0.2, 0.25) is 0 Å². The third-order valence-corrected chi connectivity index (χ3v) is 5.23. The predicted octanol–water partition coefficient (Wildman–Crippen LogP) is 0.963. The summed E-state index contributed by atoms with van der Waals surface area (Å²) in [6.45, 7) is 10.2. The number of nitrogens with zero attached hydrogens (tertiary/aromatic N) is 1. The number of aliphatic hydroxyl groups is 2. The van der Waals surface area contributed by atoms with Gasteiger partial charge in [0.15, 0.2) is 0 Å². The van der Waals surface area contributed by atoms with Gasteiger partial charge in [-0.05, 0) is 20.3 Å². The Labute approximate surface area is 144 Å². The van der Waals surface area contributed by atoms with Crippen LogP contribution < -0.4 is 0 Å². The first-order valence-corrected chi connectivity index (χ1v) is 8.22. The molecule has 0 aromatic heterocycles. The molecule has 0 radical (unpaired) electrons. The normalized spacial score (nSPS) is 22.1. The fraction of sp³-hybridized carbons (Fsp3) is 0.882. The molecule has 2 N–H and O–H groups in total. The standard InChI is InChI=1S/C11H23NO2.C6H10O4/c1-10(2)9(14)5-6-12(7-8-13)11(10,3)4;1-9-5(7)3-4-6(8)10-2/h9,13-14H,5-8H2,1-4H3;3-4H2,1-2H3. The molecule has 1 fully saturated rings. The van der Waals surface area contributed by atoms with Gasteiger partial charge in [-0.1, -0.05) is 13.8 Å². The molecule has 0 amide bonds. The second-order valence-electron chi connectivity index (χ2n) is 6.95. The van der Waals surface area contributed by atoms with E-state index >= 15 is 0 Å². The molecule has 1 unspecified atom stereocenters. The van der Waals surface area contributed by atoms with Crippen molar-refractivity contribution in [3.8, 4) is 0 Å². The fourth-order valence-corrected chi connectivity index (χ4v) is 2.65. The zero-order valence-corrected chi connectivity index (χ0v) is 15.8. The van der Waals surface area contributed by atoms with Crippen molar-refractivity contribution in [1.29, 1.82) is 0 Å². The third kappa shape index (κ3) is 6.03. The van der Waals surface area contributed by atoms with E-state index in [1.807, 2.05) is 0 Å². The quantitative estimate of drug-likeness (QED) is 0.715. The second-order valence-corrected chi connectivity index (χ2v) is 6.95. The molecule has 1 rings (SSSR count). The third-order valence-electron chi connectivity index (χ3n) is 5.23. The van der Waals surface area contributed by atoms with Crippen LogP contribution in [0.3, 0.4) is 0 Å². The molecule has 24 heavy (non-hydrogen) atoms. The largest absolute Gasteiger partial charge is 0.469 e. The number of likely N-dealkylation sites (tertiary alicyclic amines) is 1. The summed E-state index contributed by atoms with van der Waals surface area (Å²) in [7, 11) is 2.55. The van der Waals surface area contributed by atoms with Gasteiger partial charge < -0.3 is 19.7 Å². The second kappa shape index (κ2) is 9.96. The van der Waals surface area contributed by atoms with Gasteiger partial charge in [-0.25, -0.2) is 0 Å². The summed E-state index contributed by atoms with van der Waals surface area (Å²) in [6.07, 6.45) is 0.732. The summed E-state index contributed by atoms with van der Waals surface area (Å²) < 4.78 is 8.60. The first kappa shape index (κ1) is 22.8. The van der Waals surface area contributed by atoms with Crippen molar-refractivity contribution < 1.29 is 29.3 Å². The zero-order valence-electron chi connectivity index (χ0n) is 15.8. The molecule has 0 bridgehead atoms. The van der Waals surface area contributed by atoms with Crippen LogP contribution in [0.1, 0.15) is 47.0 Å². The van der Waals surface area contributed by atoms with E-state index in [2.05, 4.69) is 42.1 Å². The van der Waals surface area contributed by atoms with Crippen LogP contribution in [-0.4, -0.2) is 72.6 Å². The molecule has 7 heteroatoms. The summed E-state index contributed by atoms with van der Waals surface area (Å²) in [5, 5.41) is 19.0. The maximum absolute atomic E-state index is 10.4. The van der Waals surface area contributed by atoms with Gasteiger partial charge in [0.25, 0.3) is 0 Å². The van der Waals surface area contributed by atoms with E-state index in [0.29, 0.717) is 6.54 Å². The summed E-state index contributed by atoms with van der Waals surface area (Å²) in [6, 6.07) is 0. The maximum Gasteiger partial charge on any atom is 0.306 e. The van der Waals surface area contributed by atoms with Crippen LogP contribution in [0.2, 0.25) is 0 Å². The van der Waals surface area contributed by atoms with Crippen LogP contribution in [0, 0.1) is 5.41 Å². The van der Waals surface area contributed by atoms with Gasteiger partial charge in [0.1, 0.15) is 0 Å². The number of carbonyl (C=O) groups excluding carboxylic acids is 2. The molecule has 1 aliphatic heterocycles. The van der Waals surface area contributed by atoms with Gasteiger partial charge in [-0.15, -0.1) is 0 Å². The number of methoxy groups -OCH3 is 2. The lowest BCUT2D eigenvalue weighted by atomic mass is 9.66. The highest BCUT2D eigenvalue weighted by Gasteiger charge is 2.49. The molecule has 0 aromatic carbocycles. The Hall–Kier alpha value is -1.18. The molecule has 7 nitrogen and oxygen atoms in total. The summed E-state index contributed by atoms with van der Waals surface area (Å²) in [5.74, 6) is -0.796. The molecule has 1 aliphatic rings. The number of rotatable bonds is 5. The molecule has 0 saturated carbocycles. The lowest BCUT2D eigenvalue weighted by Gasteiger charge is -2.55. The summed E-state index contributed by atoms with van der Waals surface area (Å²) >= 11 is 0. The number of β-amino-alcohol motifs (C(OH)–C–C–N with tert-alkyl or cyclic N) is 1. The molecule has 1 heterocycles. The maximum atomic E-state index is 10.4. The summed E-state index contributed by atoms with van der Waals surface area (Å²) in [4.78, 5) is 23.1. The van der Waals surface area contributed by atoms with Crippen molar-refractivity contribution in [2.45, 2.75) is 58.6 Å². The number of esters is 2. The molecule has 1 saturated heterocycles. The van der Waals surface area contributed by atoms with Gasteiger partial charge in [0, 0.05) is 24.0 Å². The molecular weight excluding hydrogens is 314 g/mol. The van der Waals surface area contributed by atoms with Crippen molar-refractivity contribution in [1.82, 2.24) is 4.90 Å². The minimum Gasteiger partial charge on any atom is -0.469 e. The van der Waals surface area contributed by atoms with E-state index in [1.165, 1.54) is 14.2 Å². The van der Waals surface area contributed by atoms with Crippen LogP contribution >= 0.6 is 0 Å². The number of ether oxygens (including phenoxy) is 2. The van der Waals surface area contributed by atoms with E-state index < -0.39 is 11.9 Å². The number of hydrogen-bond donors (Lipinski definition) is 2. The van der Waals surface area contributed by atoms with Crippen LogP contribution in [0.15, 0.2) is 0 Å². The minimum atomic E-state index is -0.398. The highest BCUT2D eigenvalue weighted by atomic mass is 16.5. The van der Waals surface area contributed by atoms with E-state index in [1.54, 1.807) is 0 Å². The number of hydrogen-bond acceptors (Lipinski definition) is 7. The average Bonchev–Trinajstić information content (AvgIpc) is 2.54. The number of piperidine rings is 1. The smallest absolute Gasteiger partial charge is 0.306 e. The average molecular weight is 347 g/mol. The lowest BCUT2D eigenvalue weighted by Crippen LogP contribution is -2.63. The van der Waals surface area contributed by atoms with Crippen molar-refractivity contribution >= 4 is 11.9 Å². The monoisotopic (exact) mass is 347 g/mol. The van der Waals surface area contributed by atoms with Crippen molar-refractivity contribution in [2.75, 3.05) is 33.9 Å². The zero-order chi connectivity index (χ0) is 19.0. The fourth-order valence-electron chi connectivity index (χ4n) is 2.65.